The van der Waals surface area contributed by atoms with Crippen molar-refractivity contribution in [3.05, 3.63) is 108 Å². The highest BCUT2D eigenvalue weighted by Gasteiger charge is 2.30. The Kier molecular flexibility index (Phi) is 5.76. The van der Waals surface area contributed by atoms with E-state index >= 15 is 0 Å². The molecule has 3 aromatic carbocycles. The number of aldehydes is 1. The van der Waals surface area contributed by atoms with E-state index in [9.17, 15) is 4.79 Å². The molecule has 0 fully saturated rings. The van der Waals surface area contributed by atoms with Gasteiger partial charge in [0.2, 0.25) is 0 Å². The summed E-state index contributed by atoms with van der Waals surface area (Å²) in [6.07, 6.45) is 2.41. The molecule has 0 saturated carbocycles. The molecule has 0 aromatic heterocycles. The van der Waals surface area contributed by atoms with Crippen molar-refractivity contribution in [1.29, 1.82) is 0 Å². The normalized spacial score (nSPS) is 11.2. The standard InChI is InChI=1S/C23H23NO/c25-19-23(16-20-10-4-1-5-11-20,17-21-12-6-2-7-13-21)24-18-22-14-8-3-9-15-22/h1-15,19,24H,16-18H2. The number of nitrogens with one attached hydrogen (secondary N) is 1. The van der Waals surface area contributed by atoms with Crippen molar-refractivity contribution < 1.29 is 4.79 Å². The number of carbonyl (C=O) groups excluding carboxylic acids is 1. The predicted molar refractivity (Wildman–Crippen MR) is 102 cm³/mol. The van der Waals surface area contributed by atoms with Crippen LogP contribution in [-0.4, -0.2) is 11.8 Å². The SMILES string of the molecule is O=CC(Cc1ccccc1)(Cc1ccccc1)NCc1ccccc1. The van der Waals surface area contributed by atoms with Gasteiger partial charge < -0.3 is 10.1 Å². The Morgan fingerprint density at radius 3 is 1.44 bits per heavy atom. The van der Waals surface area contributed by atoms with Crippen LogP contribution in [0.25, 0.3) is 0 Å². The second-order valence-electron chi connectivity index (χ2n) is 6.44. The molecule has 0 radical (unpaired) electrons. The van der Waals surface area contributed by atoms with Crippen molar-refractivity contribution in [2.45, 2.75) is 24.9 Å². The zero-order chi connectivity index (χ0) is 17.4. The Labute approximate surface area is 149 Å². The molecule has 3 aromatic rings. The van der Waals surface area contributed by atoms with Crippen LogP contribution < -0.4 is 5.32 Å². The van der Waals surface area contributed by atoms with E-state index in [0.29, 0.717) is 19.4 Å². The molecular formula is C23H23NO. The maximum Gasteiger partial charge on any atom is 0.140 e. The molecule has 0 bridgehead atoms. The van der Waals surface area contributed by atoms with Crippen molar-refractivity contribution in [2.75, 3.05) is 0 Å². The van der Waals surface area contributed by atoms with Crippen molar-refractivity contribution in [1.82, 2.24) is 5.32 Å². The summed E-state index contributed by atoms with van der Waals surface area (Å²) in [6, 6.07) is 30.6. The molecule has 0 amide bonds. The first-order chi connectivity index (χ1) is 12.3. The van der Waals surface area contributed by atoms with Crippen LogP contribution in [0.5, 0.6) is 0 Å². The average Bonchev–Trinajstić information content (AvgIpc) is 2.68. The first-order valence-electron chi connectivity index (χ1n) is 8.63. The molecule has 0 unspecified atom stereocenters. The van der Waals surface area contributed by atoms with Crippen LogP contribution in [0.4, 0.5) is 0 Å². The minimum absolute atomic E-state index is 0.626. The molecule has 0 heterocycles. The monoisotopic (exact) mass is 329 g/mol. The number of hydrogen-bond donors (Lipinski definition) is 1. The third-order valence-electron chi connectivity index (χ3n) is 4.44. The molecule has 1 N–H and O–H groups in total. The first-order valence-corrected chi connectivity index (χ1v) is 8.63. The average molecular weight is 329 g/mol. The van der Waals surface area contributed by atoms with E-state index in [1.807, 2.05) is 54.6 Å². The van der Waals surface area contributed by atoms with Gasteiger partial charge in [-0.1, -0.05) is 91.0 Å². The molecule has 2 nitrogen and oxygen atoms in total. The fraction of sp³-hybridized carbons (Fsp3) is 0.174. The van der Waals surface area contributed by atoms with Gasteiger partial charge in [-0.25, -0.2) is 0 Å². The van der Waals surface area contributed by atoms with Crippen LogP contribution in [0.1, 0.15) is 16.7 Å². The zero-order valence-electron chi connectivity index (χ0n) is 14.3. The van der Waals surface area contributed by atoms with E-state index in [1.54, 1.807) is 0 Å². The lowest BCUT2D eigenvalue weighted by atomic mass is 9.85. The molecule has 0 saturated heterocycles. The highest BCUT2D eigenvalue weighted by molar-refractivity contribution is 5.66. The molecule has 0 atom stereocenters. The summed E-state index contributed by atoms with van der Waals surface area (Å²) in [7, 11) is 0. The first kappa shape index (κ1) is 17.1. The number of benzene rings is 3. The van der Waals surface area contributed by atoms with E-state index in [1.165, 1.54) is 5.56 Å². The quantitative estimate of drug-likeness (QED) is 0.628. The molecule has 0 aliphatic rings. The molecule has 3 rings (SSSR count). The van der Waals surface area contributed by atoms with Gasteiger partial charge >= 0.3 is 0 Å². The van der Waals surface area contributed by atoms with Crippen LogP contribution in [0.15, 0.2) is 91.0 Å². The minimum Gasteiger partial charge on any atom is -0.301 e. The molecule has 0 aliphatic heterocycles. The van der Waals surface area contributed by atoms with E-state index in [-0.39, 0.29) is 0 Å². The summed E-state index contributed by atoms with van der Waals surface area (Å²) in [5, 5.41) is 3.53. The van der Waals surface area contributed by atoms with Crippen LogP contribution in [-0.2, 0) is 24.2 Å². The van der Waals surface area contributed by atoms with Gasteiger partial charge in [0.15, 0.2) is 0 Å². The Balaban J connectivity index is 1.84. The van der Waals surface area contributed by atoms with E-state index in [0.717, 1.165) is 17.4 Å². The fourth-order valence-electron chi connectivity index (χ4n) is 3.11. The van der Waals surface area contributed by atoms with Gasteiger partial charge in [0.05, 0.1) is 5.54 Å². The highest BCUT2D eigenvalue weighted by Crippen LogP contribution is 2.19. The summed E-state index contributed by atoms with van der Waals surface area (Å²) in [6.45, 7) is 0.666. The Bertz CT molecular complexity index is 727. The number of carbonyl (C=O) groups is 1. The van der Waals surface area contributed by atoms with Crippen molar-refractivity contribution in [2.24, 2.45) is 0 Å². The molecule has 0 spiro atoms. The minimum atomic E-state index is -0.626. The smallest absolute Gasteiger partial charge is 0.140 e. The van der Waals surface area contributed by atoms with Gasteiger partial charge in [0.1, 0.15) is 6.29 Å². The van der Waals surface area contributed by atoms with E-state index in [4.69, 9.17) is 0 Å². The summed E-state index contributed by atoms with van der Waals surface area (Å²) < 4.78 is 0. The van der Waals surface area contributed by atoms with Gasteiger partial charge in [-0.05, 0) is 29.5 Å². The molecule has 126 valence electrons. The van der Waals surface area contributed by atoms with E-state index in [2.05, 4.69) is 41.7 Å². The third kappa shape index (κ3) is 4.88. The number of hydrogen-bond acceptors (Lipinski definition) is 2. The predicted octanol–water partition coefficient (Wildman–Crippen LogP) is 4.20. The van der Waals surface area contributed by atoms with Crippen LogP contribution in [0, 0.1) is 0 Å². The second kappa shape index (κ2) is 8.41. The third-order valence-corrected chi connectivity index (χ3v) is 4.44. The summed E-state index contributed by atoms with van der Waals surface area (Å²) in [5.41, 5.74) is 2.87. The van der Waals surface area contributed by atoms with Gasteiger partial charge in [-0.3, -0.25) is 0 Å². The second-order valence-corrected chi connectivity index (χ2v) is 6.44. The Morgan fingerprint density at radius 2 is 1.04 bits per heavy atom. The summed E-state index contributed by atoms with van der Waals surface area (Å²) >= 11 is 0. The largest absolute Gasteiger partial charge is 0.301 e. The molecule has 0 aliphatic carbocycles. The highest BCUT2D eigenvalue weighted by atomic mass is 16.1. The molecular weight excluding hydrogens is 306 g/mol. The van der Waals surface area contributed by atoms with Gasteiger partial charge in [0, 0.05) is 6.54 Å². The van der Waals surface area contributed by atoms with Gasteiger partial charge in [0.25, 0.3) is 0 Å². The lowest BCUT2D eigenvalue weighted by Crippen LogP contribution is -2.50. The Hall–Kier alpha value is -2.71. The molecule has 2 heteroatoms. The topological polar surface area (TPSA) is 29.1 Å². The number of rotatable bonds is 8. The van der Waals surface area contributed by atoms with E-state index < -0.39 is 5.54 Å². The summed E-state index contributed by atoms with van der Waals surface area (Å²) in [4.78, 5) is 12.2. The lowest BCUT2D eigenvalue weighted by molar-refractivity contribution is -0.113. The van der Waals surface area contributed by atoms with Crippen LogP contribution >= 0.6 is 0 Å². The Morgan fingerprint density at radius 1 is 0.640 bits per heavy atom. The van der Waals surface area contributed by atoms with Gasteiger partial charge in [-0.15, -0.1) is 0 Å². The zero-order valence-corrected chi connectivity index (χ0v) is 14.3. The maximum atomic E-state index is 12.2. The fourth-order valence-corrected chi connectivity index (χ4v) is 3.11. The molecule has 25 heavy (non-hydrogen) atoms. The van der Waals surface area contributed by atoms with Crippen molar-refractivity contribution >= 4 is 6.29 Å². The van der Waals surface area contributed by atoms with Crippen molar-refractivity contribution in [3.8, 4) is 0 Å². The van der Waals surface area contributed by atoms with Crippen molar-refractivity contribution in [3.63, 3.8) is 0 Å². The lowest BCUT2D eigenvalue weighted by Gasteiger charge is -2.30. The summed E-state index contributed by atoms with van der Waals surface area (Å²) in [5.74, 6) is 0. The van der Waals surface area contributed by atoms with Crippen LogP contribution in [0.2, 0.25) is 0 Å². The van der Waals surface area contributed by atoms with Gasteiger partial charge in [-0.2, -0.15) is 0 Å². The van der Waals surface area contributed by atoms with Crippen LogP contribution in [0.3, 0.4) is 0 Å². The maximum absolute atomic E-state index is 12.2.